The van der Waals surface area contributed by atoms with Gasteiger partial charge in [0.15, 0.2) is 0 Å². The minimum absolute atomic E-state index is 0.101. The third-order valence-electron chi connectivity index (χ3n) is 3.48. The number of carbonyl (C=O) groups excluding carboxylic acids is 1. The minimum Gasteiger partial charge on any atom is -0.411 e. The van der Waals surface area contributed by atoms with E-state index in [1.807, 2.05) is 0 Å². The molecule has 2 rings (SSSR count). The molecule has 25 heavy (non-hydrogen) atoms. The van der Waals surface area contributed by atoms with Crippen molar-refractivity contribution in [2.75, 3.05) is 0 Å². The maximum Gasteiger partial charge on any atom is 0.361 e. The Morgan fingerprint density at radius 2 is 2.16 bits per heavy atom. The molecule has 9 heteroatoms. The van der Waals surface area contributed by atoms with E-state index >= 15 is 4.39 Å². The van der Waals surface area contributed by atoms with Gasteiger partial charge in [-0.15, -0.1) is 0 Å². The second-order valence-corrected chi connectivity index (χ2v) is 6.75. The van der Waals surface area contributed by atoms with Gasteiger partial charge in [0, 0.05) is 5.56 Å². The number of hydrogen-bond donors (Lipinski definition) is 1. The van der Waals surface area contributed by atoms with E-state index in [4.69, 9.17) is 21.5 Å². The lowest BCUT2D eigenvalue weighted by Gasteiger charge is -2.24. The Morgan fingerprint density at radius 3 is 2.64 bits per heavy atom. The number of nitrogens with zero attached hydrogens (tertiary/aromatic N) is 2. The molecule has 0 saturated carbocycles. The van der Waals surface area contributed by atoms with Crippen molar-refractivity contribution in [3.63, 3.8) is 0 Å². The van der Waals surface area contributed by atoms with Gasteiger partial charge >= 0.3 is 5.97 Å². The van der Waals surface area contributed by atoms with Crippen LogP contribution < -0.4 is 4.74 Å². The Labute approximate surface area is 151 Å². The second kappa shape index (κ2) is 7.45. The maximum absolute atomic E-state index is 15.8. The van der Waals surface area contributed by atoms with Gasteiger partial charge in [0.05, 0.1) is 15.7 Å². The van der Waals surface area contributed by atoms with E-state index in [9.17, 15) is 9.18 Å². The molecule has 0 aliphatic rings. The fraction of sp³-hybridized carbons (Fsp3) is 0.312. The van der Waals surface area contributed by atoms with Crippen molar-refractivity contribution in [2.45, 2.75) is 32.9 Å². The number of aromatic nitrogens is 1. The van der Waals surface area contributed by atoms with Crippen LogP contribution in [0.25, 0.3) is 0 Å². The van der Waals surface area contributed by atoms with Gasteiger partial charge in [0.25, 0.3) is 5.67 Å². The molecule has 1 atom stereocenters. The molecular formula is C16H15ClF2N2O3S. The molecule has 0 bridgehead atoms. The molecule has 1 aromatic heterocycles. The zero-order valence-electron chi connectivity index (χ0n) is 13.6. The molecule has 1 aromatic carbocycles. The molecule has 0 aliphatic carbocycles. The van der Waals surface area contributed by atoms with Crippen molar-refractivity contribution in [3.05, 3.63) is 45.3 Å². The molecule has 1 heterocycles. The van der Waals surface area contributed by atoms with E-state index in [1.165, 1.54) is 6.92 Å². The van der Waals surface area contributed by atoms with Gasteiger partial charge in [-0.05, 0) is 32.4 Å². The number of aryl methyl sites for hydroxylation is 2. The van der Waals surface area contributed by atoms with Gasteiger partial charge in [0.2, 0.25) is 5.06 Å². The molecule has 0 fully saturated rings. The number of hydrogen-bond acceptors (Lipinski definition) is 6. The summed E-state index contributed by atoms with van der Waals surface area (Å²) in [6.45, 7) is 4.81. The molecule has 0 aliphatic heterocycles. The second-order valence-electron chi connectivity index (χ2n) is 5.18. The van der Waals surface area contributed by atoms with Crippen LogP contribution in [0, 0.1) is 19.7 Å². The molecule has 0 radical (unpaired) electrons. The Morgan fingerprint density at radius 1 is 1.48 bits per heavy atom. The summed E-state index contributed by atoms with van der Waals surface area (Å²) in [5, 5.41) is 12.5. The minimum atomic E-state index is -2.97. The highest BCUT2D eigenvalue weighted by Crippen LogP contribution is 2.38. The zero-order chi connectivity index (χ0) is 18.8. The SMILES string of the molecule is CCC(=NO)C(F)(C(=O)Oc1sc(C)nc1C)c1ccc(F)cc1Cl. The molecule has 2 aromatic rings. The third kappa shape index (κ3) is 3.64. The number of esters is 1. The number of benzene rings is 1. The first-order valence-electron chi connectivity index (χ1n) is 7.26. The summed E-state index contributed by atoms with van der Waals surface area (Å²) in [7, 11) is 0. The number of rotatable bonds is 5. The molecule has 0 amide bonds. The average molecular weight is 389 g/mol. The van der Waals surface area contributed by atoms with Crippen LogP contribution in [0.2, 0.25) is 5.02 Å². The molecule has 134 valence electrons. The molecule has 5 nitrogen and oxygen atoms in total. The van der Waals surface area contributed by atoms with Crippen LogP contribution in [-0.2, 0) is 10.5 Å². The number of alkyl halides is 1. The quantitative estimate of drug-likeness (QED) is 0.352. The van der Waals surface area contributed by atoms with Gasteiger partial charge in [-0.1, -0.05) is 41.1 Å². The number of thiazole rings is 1. The van der Waals surface area contributed by atoms with Gasteiger partial charge in [-0.3, -0.25) is 0 Å². The average Bonchev–Trinajstić information content (AvgIpc) is 2.85. The molecule has 1 N–H and O–H groups in total. The van der Waals surface area contributed by atoms with E-state index in [-0.39, 0.29) is 22.1 Å². The Bertz CT molecular complexity index is 841. The van der Waals surface area contributed by atoms with Crippen LogP contribution in [0.5, 0.6) is 5.06 Å². The Kier molecular flexibility index (Phi) is 5.74. The number of oxime groups is 1. The largest absolute Gasteiger partial charge is 0.411 e. The van der Waals surface area contributed by atoms with Crippen LogP contribution in [0.15, 0.2) is 23.4 Å². The monoisotopic (exact) mass is 388 g/mol. The summed E-state index contributed by atoms with van der Waals surface area (Å²) >= 11 is 6.99. The van der Waals surface area contributed by atoms with Crippen molar-refractivity contribution < 1.29 is 23.5 Å². The summed E-state index contributed by atoms with van der Waals surface area (Å²) in [4.78, 5) is 16.7. The fourth-order valence-corrected chi connectivity index (χ4v) is 3.36. The fourth-order valence-electron chi connectivity index (χ4n) is 2.30. The summed E-state index contributed by atoms with van der Waals surface area (Å²) in [6, 6.07) is 2.84. The molecule has 0 saturated heterocycles. The summed E-state index contributed by atoms with van der Waals surface area (Å²) in [6.07, 6.45) is -0.101. The van der Waals surface area contributed by atoms with E-state index in [1.54, 1.807) is 13.8 Å². The summed E-state index contributed by atoms with van der Waals surface area (Å²) in [5.74, 6) is -2.04. The maximum atomic E-state index is 15.8. The lowest BCUT2D eigenvalue weighted by Crippen LogP contribution is -2.42. The van der Waals surface area contributed by atoms with E-state index in [0.717, 1.165) is 29.5 Å². The van der Waals surface area contributed by atoms with Gasteiger partial charge in [-0.25, -0.2) is 18.6 Å². The number of carbonyl (C=O) groups is 1. The topological polar surface area (TPSA) is 71.8 Å². The predicted octanol–water partition coefficient (Wildman–Crippen LogP) is 4.56. The Hall–Kier alpha value is -2.06. The van der Waals surface area contributed by atoms with E-state index < -0.39 is 23.2 Å². The summed E-state index contributed by atoms with van der Waals surface area (Å²) in [5.41, 5.74) is -3.43. The number of halogens is 3. The van der Waals surface area contributed by atoms with Gasteiger partial charge < -0.3 is 9.94 Å². The molecular weight excluding hydrogens is 374 g/mol. The van der Waals surface area contributed by atoms with E-state index in [2.05, 4.69) is 10.1 Å². The van der Waals surface area contributed by atoms with Crippen molar-refractivity contribution in [2.24, 2.45) is 5.16 Å². The zero-order valence-corrected chi connectivity index (χ0v) is 15.2. The van der Waals surface area contributed by atoms with Crippen molar-refractivity contribution >= 4 is 34.6 Å². The predicted molar refractivity (Wildman–Crippen MR) is 90.9 cm³/mol. The van der Waals surface area contributed by atoms with Crippen molar-refractivity contribution in [1.29, 1.82) is 0 Å². The van der Waals surface area contributed by atoms with Gasteiger partial charge in [0.1, 0.15) is 11.5 Å². The highest BCUT2D eigenvalue weighted by atomic mass is 35.5. The van der Waals surface area contributed by atoms with E-state index in [0.29, 0.717) is 10.7 Å². The normalized spacial score (nSPS) is 14.2. The highest BCUT2D eigenvalue weighted by Gasteiger charge is 2.49. The lowest BCUT2D eigenvalue weighted by molar-refractivity contribution is -0.143. The molecule has 1 unspecified atom stereocenters. The van der Waals surface area contributed by atoms with Crippen LogP contribution in [0.3, 0.4) is 0 Å². The lowest BCUT2D eigenvalue weighted by atomic mass is 9.89. The molecule has 0 spiro atoms. The van der Waals surface area contributed by atoms with Crippen LogP contribution in [0.1, 0.15) is 29.6 Å². The smallest absolute Gasteiger partial charge is 0.361 e. The van der Waals surface area contributed by atoms with Gasteiger partial charge in [-0.2, -0.15) is 0 Å². The third-order valence-corrected chi connectivity index (χ3v) is 4.75. The van der Waals surface area contributed by atoms with Crippen LogP contribution in [-0.4, -0.2) is 21.9 Å². The Balaban J connectivity index is 2.55. The van der Waals surface area contributed by atoms with Crippen molar-refractivity contribution in [1.82, 2.24) is 4.98 Å². The van der Waals surface area contributed by atoms with Crippen LogP contribution >= 0.6 is 22.9 Å². The standard InChI is InChI=1S/C16H15ClF2N2O3S/c1-4-13(21-23)16(19,11-6-5-10(18)7-12(11)17)15(22)24-14-8(2)20-9(3)25-14/h5-7,23H,4H2,1-3H3. The number of ether oxygens (including phenoxy) is 1. The van der Waals surface area contributed by atoms with Crippen LogP contribution in [0.4, 0.5) is 8.78 Å². The van der Waals surface area contributed by atoms with Crippen molar-refractivity contribution in [3.8, 4) is 5.06 Å². The first kappa shape index (κ1) is 19.3. The highest BCUT2D eigenvalue weighted by molar-refractivity contribution is 7.13. The first-order chi connectivity index (χ1) is 11.7. The summed E-state index contributed by atoms with van der Waals surface area (Å²) < 4.78 is 34.3. The first-order valence-corrected chi connectivity index (χ1v) is 8.45.